The van der Waals surface area contributed by atoms with Crippen LogP contribution >= 0.6 is 48.2 Å². The number of hydrogen-bond donors (Lipinski definition) is 0. The molecule has 0 aromatic heterocycles. The zero-order chi connectivity index (χ0) is 102. The third kappa shape index (κ3) is 36.9. The molecule has 0 radical (unpaired) electrons. The summed E-state index contributed by atoms with van der Waals surface area (Å²) in [7, 11) is 6.22. The summed E-state index contributed by atoms with van der Waals surface area (Å²) in [6, 6.07) is 133. The van der Waals surface area contributed by atoms with Crippen LogP contribution in [0.5, 0.6) is 5.75 Å². The maximum Gasteiger partial charge on any atom is 0.416 e. The number of hydrogen-bond acceptors (Lipinski definition) is 19. The number of aryl methyl sites for hydroxylation is 3. The van der Waals surface area contributed by atoms with Crippen LogP contribution in [0.2, 0.25) is 0 Å². The summed E-state index contributed by atoms with van der Waals surface area (Å²) in [6.45, 7) is 6.65. The topological polar surface area (TPSA) is 163 Å². The van der Waals surface area contributed by atoms with Gasteiger partial charge in [-0.15, -0.1) is 17.3 Å². The highest BCUT2D eigenvalue weighted by atomic mass is 32.2. The highest BCUT2D eigenvalue weighted by molar-refractivity contribution is 7.98. The highest BCUT2D eigenvalue weighted by Crippen LogP contribution is 2.42. The molecule has 16 rings (SSSR count). The van der Waals surface area contributed by atoms with Crippen LogP contribution < -0.4 is 4.74 Å². The molecule has 16 aromatic rings. The molecule has 16 nitrogen and oxygen atoms in total. The van der Waals surface area contributed by atoms with Gasteiger partial charge < -0.3 is 4.74 Å². The normalized spacial score (nSPS) is 10.9. The van der Waals surface area contributed by atoms with Gasteiger partial charge >= 0.3 is 12.4 Å². The molecule has 36 heteroatoms. The zero-order valence-electron chi connectivity index (χ0n) is 76.6. The fraction of sp³-hybridized carbons (Fsp3) is 0.0943. The van der Waals surface area contributed by atoms with Crippen LogP contribution in [-0.2, 0) is 113 Å². The molecule has 0 aliphatic carbocycles. The molecule has 142 heavy (non-hydrogen) atoms. The van der Waals surface area contributed by atoms with Crippen LogP contribution in [0.1, 0.15) is 27.8 Å². The molecular formula is C106H91F12NO15S8+4. The van der Waals surface area contributed by atoms with Crippen molar-refractivity contribution in [3.05, 3.63) is 479 Å². The first-order valence-corrected chi connectivity index (χ1v) is 49.7. The Labute approximate surface area is 842 Å². The summed E-state index contributed by atoms with van der Waals surface area (Å²) in [5.74, 6) is -9.80. The minimum Gasteiger partial charge on any atom is -0.497 e. The lowest BCUT2D eigenvalue weighted by molar-refractivity contribution is -0.447. The Bertz CT molecular complexity index is 5920. The van der Waals surface area contributed by atoms with Crippen molar-refractivity contribution in [3.8, 4) is 5.75 Å². The molecule has 0 aliphatic rings. The Morgan fingerprint density at radius 1 is 0.282 bits per heavy atom. The number of methoxy groups -OCH3 is 1. The van der Waals surface area contributed by atoms with E-state index in [0.717, 1.165) is 55.1 Å². The lowest BCUT2D eigenvalue weighted by atomic mass is 10.1. The first kappa shape index (κ1) is 114. The predicted molar refractivity (Wildman–Crippen MR) is 529 cm³/mol. The van der Waals surface area contributed by atoms with Crippen molar-refractivity contribution < 1.29 is 119 Å². The molecule has 0 unspecified atom stereocenters. The fourth-order valence-electron chi connectivity index (χ4n) is 12.5. The number of alkyl halides is 6. The summed E-state index contributed by atoms with van der Waals surface area (Å²) in [6.07, 6.45) is -9.02. The molecule has 0 heterocycles. The van der Waals surface area contributed by atoms with Gasteiger partial charge in [0.1, 0.15) is 21.4 Å². The van der Waals surface area contributed by atoms with Gasteiger partial charge in [0.05, 0.1) is 143 Å². The van der Waals surface area contributed by atoms with Gasteiger partial charge in [-0.3, -0.25) is 10.1 Å². The Balaban J connectivity index is 0.000000182. The van der Waals surface area contributed by atoms with E-state index in [1.54, 1.807) is 19.2 Å². The number of nitro groups is 1. The van der Waals surface area contributed by atoms with Gasteiger partial charge in [0.15, 0.2) is 82.0 Å². The number of benzene rings is 16. The van der Waals surface area contributed by atoms with E-state index in [-0.39, 0.29) is 71.2 Å². The minimum absolute atomic E-state index is 0.0146. The molecule has 0 saturated carbocycles. The van der Waals surface area contributed by atoms with Crippen LogP contribution in [0.4, 0.5) is 58.4 Å². The summed E-state index contributed by atoms with van der Waals surface area (Å²) in [5.41, 5.74) is 1.50. The van der Waals surface area contributed by atoms with Crippen molar-refractivity contribution in [2.75, 3.05) is 35.5 Å². The Morgan fingerprint density at radius 2 is 0.563 bits per heavy atom. The molecule has 0 saturated heterocycles. The average molecular weight is 2100 g/mol. The molecule has 0 fully saturated rings. The third-order valence-corrected chi connectivity index (χ3v) is 30.1. The van der Waals surface area contributed by atoms with Crippen LogP contribution in [0.3, 0.4) is 0 Å². The largest absolute Gasteiger partial charge is 0.497 e. The van der Waals surface area contributed by atoms with Crippen molar-refractivity contribution >= 4 is 97.4 Å². The first-order chi connectivity index (χ1) is 68.7. The quantitative estimate of drug-likeness (QED) is 0.00480. The third-order valence-electron chi connectivity index (χ3n) is 18.4. The number of nitro benzene ring substituents is 1. The smallest absolute Gasteiger partial charge is 0.416 e. The maximum absolute atomic E-state index is 12.9. The Morgan fingerprint density at radius 3 is 0.866 bits per heavy atom. The Hall–Kier alpha value is -11.8. The number of rotatable bonds is 30. The maximum atomic E-state index is 12.9. The summed E-state index contributed by atoms with van der Waals surface area (Å²) in [5, 5.41) is 26.5. The van der Waals surface area contributed by atoms with Crippen molar-refractivity contribution in [3.63, 3.8) is 0 Å². The van der Waals surface area contributed by atoms with Crippen LogP contribution in [0.25, 0.3) is 0 Å². The lowest BCUT2D eigenvalue weighted by Gasteiger charge is -2.13. The molecule has 0 atom stereocenters. The monoisotopic (exact) mass is 2100 g/mol. The van der Waals surface area contributed by atoms with E-state index in [9.17, 15) is 62.8 Å². The van der Waals surface area contributed by atoms with Crippen LogP contribution in [-0.4, -0.2) is 40.5 Å². The highest BCUT2D eigenvalue weighted by Gasteiger charge is 2.37. The second-order valence-corrected chi connectivity index (χ2v) is 39.2. The van der Waals surface area contributed by atoms with Crippen molar-refractivity contribution in [1.29, 1.82) is 0 Å². The predicted octanol–water partition coefficient (Wildman–Crippen LogP) is 31.7. The summed E-state index contributed by atoms with van der Waals surface area (Å²) in [4.78, 5) is 41.8. The molecule has 0 bridgehead atoms. The molecular weight excluding hydrogens is 2010 g/mol. The molecule has 0 amide bonds. The molecule has 0 aliphatic heterocycles. The van der Waals surface area contributed by atoms with E-state index in [2.05, 4.69) is 405 Å². The number of ether oxygens (including phenoxy) is 1. The van der Waals surface area contributed by atoms with E-state index in [1.807, 2.05) is 12.1 Å². The summed E-state index contributed by atoms with van der Waals surface area (Å²) >= 11 is 1.72. The zero-order valence-corrected chi connectivity index (χ0v) is 83.1. The number of nitrogens with zero attached hydrogens (tertiary/aromatic N) is 1. The molecule has 0 spiro atoms. The lowest BCUT2D eigenvalue weighted by Crippen LogP contribution is -2.08. The number of halogens is 12. The standard InChI is InChI=1S/C21H21S.C19H17OS.2C18H15S.C8H6F3NO5S.C8H7F3O3S.C7H3F5O3S.C7H7FO3S/c1-16-14-17(2)21(18(3)15-16)22(19-10-6-4-7-11-19)20-12-8-5-9-13-20;1-20-16-12-14-19(15-13-16)21(17-8-4-2-5-9-17)18-10-6-3-7-11-18;2*1-4-10-16(11-5-1)19(17-12-6-2-7-13-17)18-14-8-3-9-15-18;1-15-16-17-18-7-3-2-5(8(9,10)11)4-6(7)12(13)14;1-12-13-14-15-7-4-2-3-6(5-7)8(9,10)11;1-13-14-15-16-7-5(11)3(9)2(8)4(10)6(7)12;1-9-10-11-12-7-4-2-6(8)3-5-7/h4-15H,1-3H3;2-15H,1H3;2*1-15H;2-4H,1H3;2-5H,1H3;1H3;2-5H,1H3/q4*+1;;;;. The van der Waals surface area contributed by atoms with Gasteiger partial charge in [-0.05, 0) is 221 Å². The van der Waals surface area contributed by atoms with E-state index in [1.165, 1.54) is 114 Å². The van der Waals surface area contributed by atoms with E-state index >= 15 is 0 Å². The fourth-order valence-corrected chi connectivity index (χ4v) is 23.0. The minimum atomic E-state index is -4.65. The van der Waals surface area contributed by atoms with Crippen molar-refractivity contribution in [2.24, 2.45) is 0 Å². The average Bonchev–Trinajstić information content (AvgIpc) is 0.781. The van der Waals surface area contributed by atoms with Crippen LogP contribution in [0.15, 0.2) is 485 Å². The molecule has 738 valence electrons. The van der Waals surface area contributed by atoms with E-state index in [4.69, 9.17) is 4.74 Å². The molecule has 0 N–H and O–H groups in total. The van der Waals surface area contributed by atoms with Gasteiger partial charge in [-0.1, -0.05) is 226 Å². The van der Waals surface area contributed by atoms with Gasteiger partial charge in [0.25, 0.3) is 5.69 Å². The second kappa shape index (κ2) is 61.2. The van der Waals surface area contributed by atoms with Crippen molar-refractivity contribution in [1.82, 2.24) is 0 Å². The van der Waals surface area contributed by atoms with Gasteiger partial charge in [-0.2, -0.15) is 26.3 Å². The van der Waals surface area contributed by atoms with E-state index in [0.29, 0.717) is 36.2 Å². The summed E-state index contributed by atoms with van der Waals surface area (Å²) < 4.78 is 172. The van der Waals surface area contributed by atoms with E-state index < -0.39 is 68.1 Å². The van der Waals surface area contributed by atoms with Crippen LogP contribution in [0, 0.1) is 65.8 Å². The van der Waals surface area contributed by atoms with Gasteiger partial charge in [0, 0.05) is 27.0 Å². The van der Waals surface area contributed by atoms with Crippen molar-refractivity contribution in [2.45, 2.75) is 111 Å². The Kier molecular flexibility index (Phi) is 49.1. The molecule has 16 aromatic carbocycles. The second-order valence-electron chi connectivity index (χ2n) is 28.1. The van der Waals surface area contributed by atoms with Gasteiger partial charge in [-0.25, -0.2) is 45.9 Å². The SMILES string of the molecule is COOOSc1c(F)c(F)c(F)c(F)c1F.COOOSc1ccc(C(F)(F)F)cc1[N+](=O)[O-].COOOSc1ccc(F)cc1.COOOSc1cccc(C(F)(F)F)c1.COc1ccc([S+](c2ccccc2)c2ccccc2)cc1.Cc1cc(C)c([S+](c2ccccc2)c2ccccc2)c(C)c1.c1ccc([S+](c2ccccc2)c2ccccc2)cc1.c1ccc([S+](c2ccccc2)c2ccccc2)cc1. The van der Waals surface area contributed by atoms with Gasteiger partial charge in [0.2, 0.25) is 5.82 Å². The first-order valence-electron chi connectivity index (χ1n) is 41.8.